The molecule has 0 aliphatic carbocycles. The lowest BCUT2D eigenvalue weighted by molar-refractivity contribution is 0.295. The molecular weight excluding hydrogens is 230 g/mol. The van der Waals surface area contributed by atoms with Crippen molar-refractivity contribution in [2.75, 3.05) is 6.61 Å². The maximum Gasteiger partial charge on any atom is 0.228 e. The topological polar surface area (TPSA) is 22.1 Å². The van der Waals surface area contributed by atoms with Crippen LogP contribution in [-0.2, 0) is 0 Å². The predicted octanol–water partition coefficient (Wildman–Crippen LogP) is 3.33. The molecule has 1 aromatic heterocycles. The Hall–Kier alpha value is -0.570. The summed E-state index contributed by atoms with van der Waals surface area (Å²) >= 11 is 3.44. The van der Waals surface area contributed by atoms with Crippen molar-refractivity contribution in [1.29, 1.82) is 0 Å². The molecule has 3 heteroatoms. The third-order valence-corrected chi connectivity index (χ3v) is 2.75. The van der Waals surface area contributed by atoms with Crippen LogP contribution in [0.5, 0.6) is 5.88 Å². The number of hydrogen-bond acceptors (Lipinski definition) is 2. The Balaban J connectivity index is 2.61. The van der Waals surface area contributed by atoms with Crippen molar-refractivity contribution in [2.24, 2.45) is 0 Å². The van der Waals surface area contributed by atoms with E-state index in [1.54, 1.807) is 6.20 Å². The smallest absolute Gasteiger partial charge is 0.228 e. The van der Waals surface area contributed by atoms with Gasteiger partial charge in [0.25, 0.3) is 0 Å². The van der Waals surface area contributed by atoms with Gasteiger partial charge < -0.3 is 4.74 Å². The molecule has 1 rings (SSSR count). The summed E-state index contributed by atoms with van der Waals surface area (Å²) in [5, 5.41) is 0. The van der Waals surface area contributed by atoms with Crippen molar-refractivity contribution in [2.45, 2.75) is 26.7 Å². The molecule has 0 radical (unpaired) electrons. The van der Waals surface area contributed by atoms with E-state index < -0.39 is 0 Å². The molecule has 0 aromatic carbocycles. The first-order chi connectivity index (χ1) is 6.25. The van der Waals surface area contributed by atoms with Crippen LogP contribution in [0.2, 0.25) is 0 Å². The molecule has 0 aliphatic heterocycles. The van der Waals surface area contributed by atoms with E-state index in [1.807, 2.05) is 13.0 Å². The second-order valence-electron chi connectivity index (χ2n) is 2.95. The van der Waals surface area contributed by atoms with Crippen LogP contribution < -0.4 is 4.74 Å². The second kappa shape index (κ2) is 5.22. The van der Waals surface area contributed by atoms with Gasteiger partial charge in [-0.25, -0.2) is 4.98 Å². The summed E-state index contributed by atoms with van der Waals surface area (Å²) in [7, 11) is 0. The lowest BCUT2D eigenvalue weighted by Gasteiger charge is -2.07. The quantitative estimate of drug-likeness (QED) is 0.758. The zero-order valence-electron chi connectivity index (χ0n) is 8.01. The molecule has 0 spiro atoms. The first-order valence-electron chi connectivity index (χ1n) is 4.49. The van der Waals surface area contributed by atoms with Crippen LogP contribution in [0, 0.1) is 6.92 Å². The van der Waals surface area contributed by atoms with Crippen LogP contribution in [0.3, 0.4) is 0 Å². The summed E-state index contributed by atoms with van der Waals surface area (Å²) in [5.41, 5.74) is 1.15. The molecule has 0 saturated heterocycles. The van der Waals surface area contributed by atoms with Gasteiger partial charge in [0.15, 0.2) is 0 Å². The minimum Gasteiger partial charge on any atom is -0.477 e. The molecule has 0 unspecified atom stereocenters. The highest BCUT2D eigenvalue weighted by molar-refractivity contribution is 9.10. The van der Waals surface area contributed by atoms with E-state index >= 15 is 0 Å². The summed E-state index contributed by atoms with van der Waals surface area (Å²) in [6, 6.07) is 1.96. The number of unbranched alkanes of at least 4 members (excludes halogenated alkanes) is 1. The van der Waals surface area contributed by atoms with Crippen molar-refractivity contribution in [3.8, 4) is 5.88 Å². The second-order valence-corrected chi connectivity index (χ2v) is 3.74. The summed E-state index contributed by atoms with van der Waals surface area (Å²) < 4.78 is 6.46. The molecule has 0 N–H and O–H groups in total. The van der Waals surface area contributed by atoms with Gasteiger partial charge in [0.1, 0.15) is 0 Å². The van der Waals surface area contributed by atoms with Gasteiger partial charge in [-0.2, -0.15) is 0 Å². The maximum atomic E-state index is 5.50. The minimum atomic E-state index is 0.702. The van der Waals surface area contributed by atoms with Crippen molar-refractivity contribution in [1.82, 2.24) is 4.98 Å². The highest BCUT2D eigenvalue weighted by atomic mass is 79.9. The van der Waals surface area contributed by atoms with Gasteiger partial charge >= 0.3 is 0 Å². The lowest BCUT2D eigenvalue weighted by Crippen LogP contribution is -1.99. The van der Waals surface area contributed by atoms with E-state index in [-0.39, 0.29) is 0 Å². The minimum absolute atomic E-state index is 0.702. The first-order valence-corrected chi connectivity index (χ1v) is 5.29. The van der Waals surface area contributed by atoms with Crippen LogP contribution in [0.15, 0.2) is 16.7 Å². The van der Waals surface area contributed by atoms with E-state index in [1.165, 1.54) is 0 Å². The zero-order valence-corrected chi connectivity index (χ0v) is 9.60. The van der Waals surface area contributed by atoms with Gasteiger partial charge in [0.2, 0.25) is 5.88 Å². The Kier molecular flexibility index (Phi) is 4.22. The highest BCUT2D eigenvalue weighted by Crippen LogP contribution is 2.25. The number of halogens is 1. The van der Waals surface area contributed by atoms with Crippen LogP contribution >= 0.6 is 15.9 Å². The fourth-order valence-electron chi connectivity index (χ4n) is 0.929. The molecule has 2 nitrogen and oxygen atoms in total. The summed E-state index contributed by atoms with van der Waals surface area (Å²) in [4.78, 5) is 4.14. The monoisotopic (exact) mass is 243 g/mol. The van der Waals surface area contributed by atoms with Crippen molar-refractivity contribution < 1.29 is 4.74 Å². The number of aryl methyl sites for hydroxylation is 1. The number of hydrogen-bond donors (Lipinski definition) is 0. The molecular formula is C10H14BrNO. The van der Waals surface area contributed by atoms with E-state index in [2.05, 4.69) is 27.8 Å². The standard InChI is InChI=1S/C10H14BrNO/c1-3-4-7-13-10-9(11)8(2)5-6-12-10/h5-6H,3-4,7H2,1-2H3. The number of rotatable bonds is 4. The fourth-order valence-corrected chi connectivity index (χ4v) is 1.28. The van der Waals surface area contributed by atoms with E-state index in [4.69, 9.17) is 4.74 Å². The molecule has 0 saturated carbocycles. The Morgan fingerprint density at radius 3 is 3.00 bits per heavy atom. The Bertz CT molecular complexity index is 276. The normalized spacial score (nSPS) is 10.1. The third-order valence-electron chi connectivity index (χ3n) is 1.79. The summed E-state index contributed by atoms with van der Waals surface area (Å²) in [6.45, 7) is 4.91. The van der Waals surface area contributed by atoms with E-state index in [9.17, 15) is 0 Å². The predicted molar refractivity (Wildman–Crippen MR) is 57.1 cm³/mol. The van der Waals surface area contributed by atoms with Gasteiger partial charge in [0.05, 0.1) is 11.1 Å². The average molecular weight is 244 g/mol. The number of aromatic nitrogens is 1. The van der Waals surface area contributed by atoms with Gasteiger partial charge in [-0.15, -0.1) is 0 Å². The van der Waals surface area contributed by atoms with Crippen molar-refractivity contribution >= 4 is 15.9 Å². The van der Waals surface area contributed by atoms with Gasteiger partial charge in [0, 0.05) is 6.20 Å². The number of pyridine rings is 1. The first kappa shape index (κ1) is 10.5. The summed E-state index contributed by atoms with van der Waals surface area (Å²) in [5.74, 6) is 0.702. The SMILES string of the molecule is CCCCOc1nccc(C)c1Br. The number of nitrogens with zero attached hydrogens (tertiary/aromatic N) is 1. The van der Waals surface area contributed by atoms with Crippen LogP contribution in [0.1, 0.15) is 25.3 Å². The molecule has 13 heavy (non-hydrogen) atoms. The molecule has 0 aliphatic rings. The van der Waals surface area contributed by atoms with Gasteiger partial charge in [-0.3, -0.25) is 0 Å². The molecule has 0 atom stereocenters. The van der Waals surface area contributed by atoms with E-state index in [0.29, 0.717) is 5.88 Å². The zero-order chi connectivity index (χ0) is 9.68. The molecule has 0 bridgehead atoms. The Morgan fingerprint density at radius 2 is 2.31 bits per heavy atom. The Labute approximate surface area is 87.5 Å². The molecule has 0 fully saturated rings. The lowest BCUT2D eigenvalue weighted by atomic mass is 10.3. The fraction of sp³-hybridized carbons (Fsp3) is 0.500. The third kappa shape index (κ3) is 2.99. The number of ether oxygens (including phenoxy) is 1. The largest absolute Gasteiger partial charge is 0.477 e. The van der Waals surface area contributed by atoms with Crippen LogP contribution in [-0.4, -0.2) is 11.6 Å². The summed E-state index contributed by atoms with van der Waals surface area (Å²) in [6.07, 6.45) is 3.98. The Morgan fingerprint density at radius 1 is 1.54 bits per heavy atom. The van der Waals surface area contributed by atoms with Gasteiger partial charge in [-0.1, -0.05) is 13.3 Å². The molecule has 0 amide bonds. The molecule has 1 heterocycles. The van der Waals surface area contributed by atoms with E-state index in [0.717, 1.165) is 29.5 Å². The van der Waals surface area contributed by atoms with Crippen LogP contribution in [0.4, 0.5) is 0 Å². The molecule has 1 aromatic rings. The van der Waals surface area contributed by atoms with Gasteiger partial charge in [-0.05, 0) is 40.9 Å². The average Bonchev–Trinajstić information content (AvgIpc) is 2.13. The highest BCUT2D eigenvalue weighted by Gasteiger charge is 2.03. The molecule has 72 valence electrons. The van der Waals surface area contributed by atoms with Crippen molar-refractivity contribution in [3.63, 3.8) is 0 Å². The maximum absolute atomic E-state index is 5.50. The van der Waals surface area contributed by atoms with Crippen molar-refractivity contribution in [3.05, 3.63) is 22.3 Å². The van der Waals surface area contributed by atoms with Crippen LogP contribution in [0.25, 0.3) is 0 Å².